The molecule has 0 saturated heterocycles. The first kappa shape index (κ1) is 20.3. The van der Waals surface area contributed by atoms with E-state index in [2.05, 4.69) is 0 Å². The Morgan fingerprint density at radius 2 is 1.74 bits per heavy atom. The van der Waals surface area contributed by atoms with Crippen molar-refractivity contribution in [1.29, 1.82) is 0 Å². The summed E-state index contributed by atoms with van der Waals surface area (Å²) >= 11 is 0. The van der Waals surface area contributed by atoms with Crippen molar-refractivity contribution < 1.29 is 28.2 Å². The zero-order valence-electron chi connectivity index (χ0n) is 17.0. The van der Waals surface area contributed by atoms with E-state index in [-0.39, 0.29) is 24.0 Å². The lowest BCUT2D eigenvalue weighted by Gasteiger charge is -2.12. The number of hydrogen-bond donors (Lipinski definition) is 0. The molecule has 1 aliphatic rings. The number of ether oxygens (including phenoxy) is 3. The molecular formula is C25H19FO5. The van der Waals surface area contributed by atoms with Gasteiger partial charge >= 0.3 is 5.97 Å². The molecule has 31 heavy (non-hydrogen) atoms. The Kier molecular flexibility index (Phi) is 5.54. The van der Waals surface area contributed by atoms with Gasteiger partial charge in [0.25, 0.3) is 0 Å². The Morgan fingerprint density at radius 3 is 2.42 bits per heavy atom. The molecule has 5 nitrogen and oxygen atoms in total. The molecule has 3 aromatic carbocycles. The summed E-state index contributed by atoms with van der Waals surface area (Å²) in [6, 6.07) is 16.1. The zero-order chi connectivity index (χ0) is 22.0. The maximum absolute atomic E-state index is 13.1. The number of carbonyl (C=O) groups excluding carboxylic acids is 2. The average molecular weight is 418 g/mol. The van der Waals surface area contributed by atoms with E-state index in [0.29, 0.717) is 33.8 Å². The number of fused-ring (bicyclic) bond motifs is 1. The van der Waals surface area contributed by atoms with E-state index >= 15 is 0 Å². The molecule has 1 heterocycles. The molecule has 0 saturated carbocycles. The number of esters is 1. The van der Waals surface area contributed by atoms with Crippen LogP contribution >= 0.6 is 0 Å². The fourth-order valence-corrected chi connectivity index (χ4v) is 3.25. The van der Waals surface area contributed by atoms with Gasteiger partial charge in [0, 0.05) is 5.56 Å². The second-order valence-electron chi connectivity index (χ2n) is 7.03. The highest BCUT2D eigenvalue weighted by Gasteiger charge is 2.30. The van der Waals surface area contributed by atoms with Crippen LogP contribution in [0, 0.1) is 12.7 Å². The molecule has 0 atom stereocenters. The van der Waals surface area contributed by atoms with E-state index in [4.69, 9.17) is 14.2 Å². The maximum atomic E-state index is 13.1. The summed E-state index contributed by atoms with van der Waals surface area (Å²) in [5, 5.41) is 0. The highest BCUT2D eigenvalue weighted by Crippen LogP contribution is 2.39. The Balaban J connectivity index is 1.50. The van der Waals surface area contributed by atoms with E-state index in [1.54, 1.807) is 54.6 Å². The van der Waals surface area contributed by atoms with Crippen LogP contribution in [-0.2, 0) is 11.3 Å². The molecule has 0 unspecified atom stereocenters. The van der Waals surface area contributed by atoms with Crippen LogP contribution in [0.1, 0.15) is 37.4 Å². The first-order valence-corrected chi connectivity index (χ1v) is 9.59. The lowest BCUT2D eigenvalue weighted by molar-refractivity contribution is 0.0600. The zero-order valence-corrected chi connectivity index (χ0v) is 17.0. The third-order valence-electron chi connectivity index (χ3n) is 4.97. The maximum Gasteiger partial charge on any atom is 0.337 e. The normalized spacial score (nSPS) is 13.6. The largest absolute Gasteiger partial charge is 0.488 e. The van der Waals surface area contributed by atoms with Gasteiger partial charge in [0.1, 0.15) is 23.9 Å². The molecule has 1 aliphatic heterocycles. The Morgan fingerprint density at radius 1 is 1.03 bits per heavy atom. The number of allylic oxidation sites excluding steroid dienone is 1. The van der Waals surface area contributed by atoms with Crippen molar-refractivity contribution in [3.05, 3.63) is 100 Å². The van der Waals surface area contributed by atoms with Crippen molar-refractivity contribution in [2.45, 2.75) is 13.5 Å². The molecule has 0 N–H and O–H groups in total. The van der Waals surface area contributed by atoms with Gasteiger partial charge in [0.05, 0.1) is 18.2 Å². The highest BCUT2D eigenvalue weighted by atomic mass is 19.1. The van der Waals surface area contributed by atoms with Crippen LogP contribution in [0.15, 0.2) is 66.4 Å². The summed E-state index contributed by atoms with van der Waals surface area (Å²) in [4.78, 5) is 24.2. The van der Waals surface area contributed by atoms with Gasteiger partial charge in [0.15, 0.2) is 5.76 Å². The van der Waals surface area contributed by atoms with Crippen molar-refractivity contribution >= 4 is 17.8 Å². The highest BCUT2D eigenvalue weighted by molar-refractivity contribution is 6.14. The van der Waals surface area contributed by atoms with E-state index in [0.717, 1.165) is 5.56 Å². The Bertz CT molecular complexity index is 1180. The summed E-state index contributed by atoms with van der Waals surface area (Å²) in [6.45, 7) is 2.11. The number of halogens is 1. The molecule has 0 fully saturated rings. The summed E-state index contributed by atoms with van der Waals surface area (Å²) in [7, 11) is 1.34. The number of benzene rings is 3. The summed E-state index contributed by atoms with van der Waals surface area (Å²) in [6.07, 6.45) is 1.59. The fraction of sp³-hybridized carbons (Fsp3) is 0.120. The number of methoxy groups -OCH3 is 1. The van der Waals surface area contributed by atoms with Gasteiger partial charge < -0.3 is 14.2 Å². The molecule has 0 spiro atoms. The van der Waals surface area contributed by atoms with Gasteiger partial charge in [-0.25, -0.2) is 9.18 Å². The third-order valence-corrected chi connectivity index (χ3v) is 4.97. The average Bonchev–Trinajstić information content (AvgIpc) is 3.11. The minimum atomic E-state index is -0.395. The number of hydrogen-bond acceptors (Lipinski definition) is 5. The second-order valence-corrected chi connectivity index (χ2v) is 7.03. The SMILES string of the molecule is COC(=O)c1ccc(COc2ccc3c(c2C)O/C(=C\c2ccc(F)cc2)C3=O)cc1. The minimum absolute atomic E-state index is 0.181. The van der Waals surface area contributed by atoms with Crippen LogP contribution in [0.25, 0.3) is 6.08 Å². The lowest BCUT2D eigenvalue weighted by atomic mass is 10.1. The summed E-state index contributed by atoms with van der Waals surface area (Å²) < 4.78 is 29.5. The van der Waals surface area contributed by atoms with Gasteiger partial charge in [-0.2, -0.15) is 0 Å². The minimum Gasteiger partial charge on any atom is -0.488 e. The van der Waals surface area contributed by atoms with Gasteiger partial charge in [0.2, 0.25) is 5.78 Å². The lowest BCUT2D eigenvalue weighted by Crippen LogP contribution is -2.02. The van der Waals surface area contributed by atoms with Crippen molar-refractivity contribution in [3.8, 4) is 11.5 Å². The van der Waals surface area contributed by atoms with Crippen LogP contribution in [0.5, 0.6) is 11.5 Å². The second kappa shape index (κ2) is 8.44. The van der Waals surface area contributed by atoms with Crippen molar-refractivity contribution in [3.63, 3.8) is 0 Å². The fourth-order valence-electron chi connectivity index (χ4n) is 3.25. The van der Waals surface area contributed by atoms with Gasteiger partial charge in [-0.05, 0) is 60.5 Å². The molecule has 4 rings (SSSR count). The monoisotopic (exact) mass is 418 g/mol. The predicted molar refractivity (Wildman–Crippen MR) is 113 cm³/mol. The topological polar surface area (TPSA) is 61.8 Å². The first-order valence-electron chi connectivity index (χ1n) is 9.59. The molecule has 0 radical (unpaired) electrons. The van der Waals surface area contributed by atoms with E-state index in [1.807, 2.05) is 6.92 Å². The van der Waals surface area contributed by atoms with Crippen LogP contribution in [0.3, 0.4) is 0 Å². The number of rotatable bonds is 5. The van der Waals surface area contributed by atoms with E-state index in [1.165, 1.54) is 19.2 Å². The third kappa shape index (κ3) is 4.19. The molecule has 0 bridgehead atoms. The van der Waals surface area contributed by atoms with Crippen molar-refractivity contribution in [2.24, 2.45) is 0 Å². The van der Waals surface area contributed by atoms with Crippen LogP contribution in [0.2, 0.25) is 0 Å². The van der Waals surface area contributed by atoms with Crippen molar-refractivity contribution in [1.82, 2.24) is 0 Å². The van der Waals surface area contributed by atoms with Gasteiger partial charge in [-0.1, -0.05) is 24.3 Å². The number of ketones is 1. The van der Waals surface area contributed by atoms with Crippen molar-refractivity contribution in [2.75, 3.05) is 7.11 Å². The van der Waals surface area contributed by atoms with Crippen LogP contribution in [0.4, 0.5) is 4.39 Å². The molecule has 0 aromatic heterocycles. The molecule has 6 heteroatoms. The quantitative estimate of drug-likeness (QED) is 0.425. The first-order chi connectivity index (χ1) is 15.0. The number of Topliss-reactive ketones (excluding diaryl/α,β-unsaturated/α-hetero) is 1. The Labute approximate surface area is 178 Å². The molecule has 0 aliphatic carbocycles. The molecule has 0 amide bonds. The van der Waals surface area contributed by atoms with E-state index < -0.39 is 5.97 Å². The predicted octanol–water partition coefficient (Wildman–Crippen LogP) is 5.12. The smallest absolute Gasteiger partial charge is 0.337 e. The molecule has 3 aromatic rings. The standard InChI is InChI=1S/C25H19FO5/c1-15-21(30-14-17-3-7-18(8-4-17)25(28)29-2)12-11-20-23(27)22(31-24(15)20)13-16-5-9-19(26)10-6-16/h3-13H,14H2,1-2H3/b22-13-. The number of carbonyl (C=O) groups is 2. The summed E-state index contributed by atoms with van der Waals surface area (Å²) in [5.41, 5.74) is 3.18. The summed E-state index contributed by atoms with van der Waals surface area (Å²) in [5.74, 6) is 0.256. The van der Waals surface area contributed by atoms with Gasteiger partial charge in [-0.15, -0.1) is 0 Å². The van der Waals surface area contributed by atoms with E-state index in [9.17, 15) is 14.0 Å². The molecule has 156 valence electrons. The molecular weight excluding hydrogens is 399 g/mol. The Hall–Kier alpha value is -3.93. The van der Waals surface area contributed by atoms with Crippen LogP contribution < -0.4 is 9.47 Å². The van der Waals surface area contributed by atoms with Gasteiger partial charge in [-0.3, -0.25) is 4.79 Å². The van der Waals surface area contributed by atoms with Crippen LogP contribution in [-0.4, -0.2) is 18.9 Å².